The fourth-order valence-corrected chi connectivity index (χ4v) is 1.42. The molecule has 4 nitrogen and oxygen atoms in total. The summed E-state index contributed by atoms with van der Waals surface area (Å²) in [5.74, 6) is 0.251. The van der Waals surface area contributed by atoms with E-state index in [9.17, 15) is 0 Å². The topological polar surface area (TPSA) is 75.6 Å². The SMILES string of the molecule is CC(C)Sc1ncc(C#N)c(N)n1. The first-order valence-electron chi connectivity index (χ1n) is 3.82. The average Bonchev–Trinajstić information content (AvgIpc) is 2.03. The van der Waals surface area contributed by atoms with Gasteiger partial charge in [0.25, 0.3) is 0 Å². The minimum Gasteiger partial charge on any atom is -0.382 e. The Morgan fingerprint density at radius 3 is 2.77 bits per heavy atom. The summed E-state index contributed by atoms with van der Waals surface area (Å²) in [6.45, 7) is 4.09. The van der Waals surface area contributed by atoms with Gasteiger partial charge in [0, 0.05) is 5.25 Å². The zero-order chi connectivity index (χ0) is 9.84. The molecule has 1 aromatic rings. The molecule has 0 aromatic carbocycles. The Balaban J connectivity index is 2.91. The molecule has 0 radical (unpaired) electrons. The van der Waals surface area contributed by atoms with Gasteiger partial charge in [0.1, 0.15) is 17.5 Å². The summed E-state index contributed by atoms with van der Waals surface area (Å²) in [5, 5.41) is 9.60. The van der Waals surface area contributed by atoms with E-state index >= 15 is 0 Å². The fraction of sp³-hybridized carbons (Fsp3) is 0.375. The fourth-order valence-electron chi connectivity index (χ4n) is 0.732. The van der Waals surface area contributed by atoms with Gasteiger partial charge in [-0.2, -0.15) is 5.26 Å². The highest BCUT2D eigenvalue weighted by molar-refractivity contribution is 7.99. The van der Waals surface area contributed by atoms with E-state index in [1.54, 1.807) is 0 Å². The van der Waals surface area contributed by atoms with Crippen molar-refractivity contribution in [2.45, 2.75) is 24.3 Å². The summed E-state index contributed by atoms with van der Waals surface area (Å²) in [4.78, 5) is 7.99. The van der Waals surface area contributed by atoms with Gasteiger partial charge in [-0.15, -0.1) is 0 Å². The molecule has 0 aliphatic carbocycles. The third-order valence-electron chi connectivity index (χ3n) is 1.26. The van der Waals surface area contributed by atoms with Gasteiger partial charge in [0.2, 0.25) is 0 Å². The quantitative estimate of drug-likeness (QED) is 0.569. The standard InChI is InChI=1S/C8H10N4S/c1-5(2)13-8-11-4-6(3-9)7(10)12-8/h4-5H,1-2H3,(H2,10,11,12). The third-order valence-corrected chi connectivity index (χ3v) is 2.14. The zero-order valence-corrected chi connectivity index (χ0v) is 8.30. The van der Waals surface area contributed by atoms with Gasteiger partial charge >= 0.3 is 0 Å². The van der Waals surface area contributed by atoms with Gasteiger partial charge < -0.3 is 5.73 Å². The van der Waals surface area contributed by atoms with E-state index in [0.717, 1.165) is 0 Å². The van der Waals surface area contributed by atoms with Crippen molar-refractivity contribution in [2.75, 3.05) is 5.73 Å². The van der Waals surface area contributed by atoms with Crippen molar-refractivity contribution in [1.29, 1.82) is 5.26 Å². The van der Waals surface area contributed by atoms with Crippen molar-refractivity contribution in [1.82, 2.24) is 9.97 Å². The largest absolute Gasteiger partial charge is 0.382 e. The van der Waals surface area contributed by atoms with E-state index < -0.39 is 0 Å². The molecule has 0 aliphatic rings. The molecule has 0 fully saturated rings. The smallest absolute Gasteiger partial charge is 0.189 e. The summed E-state index contributed by atoms with van der Waals surface area (Å²) in [6.07, 6.45) is 1.45. The third kappa shape index (κ3) is 2.60. The van der Waals surface area contributed by atoms with E-state index in [2.05, 4.69) is 9.97 Å². The molecule has 1 aromatic heterocycles. The number of nitrogens with zero attached hydrogens (tertiary/aromatic N) is 3. The normalized spacial score (nSPS) is 10.0. The van der Waals surface area contributed by atoms with Crippen molar-refractivity contribution in [2.24, 2.45) is 0 Å². The highest BCUT2D eigenvalue weighted by Crippen LogP contribution is 2.19. The van der Waals surface area contributed by atoms with Gasteiger partial charge in [0.05, 0.1) is 6.20 Å². The van der Waals surface area contributed by atoms with Crippen LogP contribution in [0.4, 0.5) is 5.82 Å². The molecule has 0 unspecified atom stereocenters. The first-order chi connectivity index (χ1) is 6.13. The number of nitriles is 1. The van der Waals surface area contributed by atoms with Gasteiger partial charge in [-0.1, -0.05) is 25.6 Å². The average molecular weight is 194 g/mol. The Kier molecular flexibility index (Phi) is 3.09. The van der Waals surface area contributed by atoms with E-state index in [-0.39, 0.29) is 5.82 Å². The lowest BCUT2D eigenvalue weighted by Gasteiger charge is -2.03. The Morgan fingerprint density at radius 2 is 2.31 bits per heavy atom. The molecular formula is C8H10N4S. The maximum Gasteiger partial charge on any atom is 0.189 e. The number of aromatic nitrogens is 2. The molecule has 0 atom stereocenters. The molecule has 5 heteroatoms. The Labute approximate surface area is 81.2 Å². The molecule has 0 bridgehead atoms. The van der Waals surface area contributed by atoms with Crippen molar-refractivity contribution in [3.63, 3.8) is 0 Å². The number of hydrogen-bond acceptors (Lipinski definition) is 5. The molecule has 1 rings (SSSR count). The molecule has 0 amide bonds. The monoisotopic (exact) mass is 194 g/mol. The number of hydrogen-bond donors (Lipinski definition) is 1. The Morgan fingerprint density at radius 1 is 1.62 bits per heavy atom. The lowest BCUT2D eigenvalue weighted by Crippen LogP contribution is -1.99. The minimum absolute atomic E-state index is 0.251. The summed E-state index contributed by atoms with van der Waals surface area (Å²) in [6, 6.07) is 1.92. The van der Waals surface area contributed by atoms with Crippen LogP contribution in [0.15, 0.2) is 11.4 Å². The minimum atomic E-state index is 0.251. The maximum atomic E-state index is 8.57. The van der Waals surface area contributed by atoms with Crippen molar-refractivity contribution >= 4 is 17.6 Å². The number of nitrogens with two attached hydrogens (primary N) is 1. The summed E-state index contributed by atoms with van der Waals surface area (Å²) in [5.41, 5.74) is 5.85. The number of anilines is 1. The van der Waals surface area contributed by atoms with Crippen molar-refractivity contribution < 1.29 is 0 Å². The lowest BCUT2D eigenvalue weighted by molar-refractivity contribution is 0.956. The van der Waals surface area contributed by atoms with Crippen LogP contribution in [0.1, 0.15) is 19.4 Å². The second kappa shape index (κ2) is 4.10. The first kappa shape index (κ1) is 9.81. The molecule has 2 N–H and O–H groups in total. The molecule has 0 aliphatic heterocycles. The lowest BCUT2D eigenvalue weighted by atomic mass is 10.3. The molecule has 68 valence electrons. The van der Waals surface area contributed by atoms with Crippen LogP contribution in [0.5, 0.6) is 0 Å². The van der Waals surface area contributed by atoms with E-state index in [4.69, 9.17) is 11.0 Å². The second-order valence-electron chi connectivity index (χ2n) is 2.73. The Bertz CT molecular complexity index is 342. The van der Waals surface area contributed by atoms with Crippen LogP contribution in [0, 0.1) is 11.3 Å². The molecule has 0 spiro atoms. The highest BCUT2D eigenvalue weighted by Gasteiger charge is 2.05. The molecule has 1 heterocycles. The van der Waals surface area contributed by atoms with Gasteiger partial charge in [0.15, 0.2) is 5.16 Å². The van der Waals surface area contributed by atoms with E-state index in [1.807, 2.05) is 19.9 Å². The van der Waals surface area contributed by atoms with Crippen LogP contribution in [0.25, 0.3) is 0 Å². The first-order valence-corrected chi connectivity index (χ1v) is 4.70. The van der Waals surface area contributed by atoms with Crippen molar-refractivity contribution in [3.05, 3.63) is 11.8 Å². The van der Waals surface area contributed by atoms with Crippen LogP contribution < -0.4 is 5.73 Å². The van der Waals surface area contributed by atoms with Gasteiger partial charge in [-0.3, -0.25) is 0 Å². The number of rotatable bonds is 2. The van der Waals surface area contributed by atoms with E-state index in [0.29, 0.717) is 16.0 Å². The molecular weight excluding hydrogens is 184 g/mol. The summed E-state index contributed by atoms with van der Waals surface area (Å²) >= 11 is 1.52. The highest BCUT2D eigenvalue weighted by atomic mass is 32.2. The zero-order valence-electron chi connectivity index (χ0n) is 7.48. The summed E-state index contributed by atoms with van der Waals surface area (Å²) in [7, 11) is 0. The van der Waals surface area contributed by atoms with Crippen LogP contribution in [-0.4, -0.2) is 15.2 Å². The van der Waals surface area contributed by atoms with Crippen LogP contribution >= 0.6 is 11.8 Å². The van der Waals surface area contributed by atoms with Crippen molar-refractivity contribution in [3.8, 4) is 6.07 Å². The van der Waals surface area contributed by atoms with Gasteiger partial charge in [-0.25, -0.2) is 9.97 Å². The van der Waals surface area contributed by atoms with Crippen LogP contribution in [-0.2, 0) is 0 Å². The van der Waals surface area contributed by atoms with E-state index in [1.165, 1.54) is 18.0 Å². The van der Waals surface area contributed by atoms with Gasteiger partial charge in [-0.05, 0) is 0 Å². The second-order valence-corrected chi connectivity index (χ2v) is 4.27. The molecule has 0 saturated carbocycles. The predicted octanol–water partition coefficient (Wildman–Crippen LogP) is 1.43. The molecule has 0 saturated heterocycles. The van der Waals surface area contributed by atoms with Crippen LogP contribution in [0.3, 0.4) is 0 Å². The van der Waals surface area contributed by atoms with Crippen LogP contribution in [0.2, 0.25) is 0 Å². The number of nitrogen functional groups attached to an aromatic ring is 1. The predicted molar refractivity (Wildman–Crippen MR) is 52.2 cm³/mol. The summed E-state index contributed by atoms with van der Waals surface area (Å²) < 4.78 is 0. The Hall–Kier alpha value is -1.28. The molecule has 13 heavy (non-hydrogen) atoms. The number of thioether (sulfide) groups is 1. The maximum absolute atomic E-state index is 8.57.